The highest BCUT2D eigenvalue weighted by atomic mass is 32.2. The van der Waals surface area contributed by atoms with E-state index in [1.807, 2.05) is 35.1 Å². The number of thioether (sulfide) groups is 1. The van der Waals surface area contributed by atoms with Crippen LogP contribution >= 0.6 is 23.1 Å². The molecule has 2 aromatic carbocycles. The summed E-state index contributed by atoms with van der Waals surface area (Å²) in [6, 6.07) is 16.3. The number of hydrogen-bond donors (Lipinski definition) is 0. The van der Waals surface area contributed by atoms with Crippen molar-refractivity contribution in [3.05, 3.63) is 77.1 Å². The Bertz CT molecular complexity index is 1190. The average molecular weight is 468 g/mol. The molecule has 0 saturated heterocycles. The second-order valence-corrected chi connectivity index (χ2v) is 8.84. The van der Waals surface area contributed by atoms with Crippen LogP contribution in [-0.4, -0.2) is 32.2 Å². The Kier molecular flexibility index (Phi) is 6.96. The quantitative estimate of drug-likeness (QED) is 0.331. The summed E-state index contributed by atoms with van der Waals surface area (Å²) in [7, 11) is 0. The van der Waals surface area contributed by atoms with E-state index >= 15 is 0 Å². The normalized spacial score (nSPS) is 11.0. The maximum Gasteiger partial charge on any atom is 0.225 e. The van der Waals surface area contributed by atoms with Gasteiger partial charge in [0.2, 0.25) is 5.91 Å². The van der Waals surface area contributed by atoms with E-state index in [1.54, 1.807) is 24.0 Å². The van der Waals surface area contributed by atoms with E-state index in [-0.39, 0.29) is 11.7 Å². The molecule has 0 unspecified atom stereocenters. The molecular weight excluding hydrogens is 445 g/mol. The number of halogens is 1. The number of amides is 1. The molecule has 0 bridgehead atoms. The number of carbonyl (C=O) groups is 1. The molecule has 32 heavy (non-hydrogen) atoms. The Morgan fingerprint density at radius 2 is 1.88 bits per heavy atom. The smallest absolute Gasteiger partial charge is 0.225 e. The largest absolute Gasteiger partial charge is 0.298 e. The van der Waals surface area contributed by atoms with Crippen molar-refractivity contribution in [2.75, 3.05) is 11.4 Å². The summed E-state index contributed by atoms with van der Waals surface area (Å²) in [5.41, 5.74) is 2.80. The molecule has 0 radical (unpaired) electrons. The number of benzene rings is 2. The van der Waals surface area contributed by atoms with Crippen LogP contribution in [-0.2, 0) is 17.1 Å². The van der Waals surface area contributed by atoms with E-state index in [9.17, 15) is 9.18 Å². The van der Waals surface area contributed by atoms with Gasteiger partial charge in [-0.3, -0.25) is 14.3 Å². The molecule has 4 rings (SSSR count). The second kappa shape index (κ2) is 10.1. The minimum Gasteiger partial charge on any atom is -0.298 e. The van der Waals surface area contributed by atoms with Crippen LogP contribution in [0.5, 0.6) is 0 Å². The summed E-state index contributed by atoms with van der Waals surface area (Å²) < 4.78 is 15.5. The van der Waals surface area contributed by atoms with E-state index in [2.05, 4.69) is 27.3 Å². The van der Waals surface area contributed by atoms with Crippen LogP contribution in [0.1, 0.15) is 25.1 Å². The van der Waals surface area contributed by atoms with E-state index < -0.39 is 0 Å². The Balaban J connectivity index is 1.59. The molecule has 0 atom stereocenters. The van der Waals surface area contributed by atoms with Crippen molar-refractivity contribution >= 4 is 34.1 Å². The van der Waals surface area contributed by atoms with Crippen molar-refractivity contribution in [2.45, 2.75) is 31.3 Å². The zero-order valence-corrected chi connectivity index (χ0v) is 19.4. The van der Waals surface area contributed by atoms with Gasteiger partial charge in [-0.15, -0.1) is 21.5 Å². The Labute approximate surface area is 194 Å². The minimum absolute atomic E-state index is 0.0207. The first-order valence-electron chi connectivity index (χ1n) is 10.1. The molecule has 0 spiro atoms. The summed E-state index contributed by atoms with van der Waals surface area (Å²) in [5, 5.41) is 12.2. The fraction of sp³-hybridized carbons (Fsp3) is 0.217. The SMILES string of the molecule is CCN(C(C)=O)c1nc(CSc2nnc(-c3ccc(F)cc3)n2Cc2ccccc2)cs1. The summed E-state index contributed by atoms with van der Waals surface area (Å²) in [6.07, 6.45) is 0. The Morgan fingerprint density at radius 1 is 1.12 bits per heavy atom. The van der Waals surface area contributed by atoms with Crippen molar-refractivity contribution in [1.29, 1.82) is 0 Å². The molecule has 0 N–H and O–H groups in total. The second-order valence-electron chi connectivity index (χ2n) is 7.06. The number of aromatic nitrogens is 4. The van der Waals surface area contributed by atoms with Crippen LogP contribution in [0.25, 0.3) is 11.4 Å². The van der Waals surface area contributed by atoms with Gasteiger partial charge in [-0.25, -0.2) is 9.37 Å². The molecule has 2 aromatic heterocycles. The first-order valence-corrected chi connectivity index (χ1v) is 12.0. The molecule has 0 fully saturated rings. The van der Waals surface area contributed by atoms with E-state index in [1.165, 1.54) is 35.2 Å². The Hall–Kier alpha value is -3.04. The number of nitrogens with zero attached hydrogens (tertiary/aromatic N) is 5. The first kappa shape index (κ1) is 22.2. The zero-order chi connectivity index (χ0) is 22.5. The summed E-state index contributed by atoms with van der Waals surface area (Å²) in [5.74, 6) is 0.975. The third-order valence-electron chi connectivity index (χ3n) is 4.82. The number of hydrogen-bond acceptors (Lipinski definition) is 6. The zero-order valence-electron chi connectivity index (χ0n) is 17.7. The highest BCUT2D eigenvalue weighted by molar-refractivity contribution is 7.98. The van der Waals surface area contributed by atoms with Crippen LogP contribution in [0.2, 0.25) is 0 Å². The van der Waals surface area contributed by atoms with Crippen molar-refractivity contribution in [2.24, 2.45) is 0 Å². The number of carbonyl (C=O) groups excluding carboxylic acids is 1. The molecule has 2 heterocycles. The minimum atomic E-state index is -0.288. The molecule has 0 aliphatic rings. The van der Waals surface area contributed by atoms with Crippen LogP contribution in [0.15, 0.2) is 65.1 Å². The molecule has 0 saturated carbocycles. The van der Waals surface area contributed by atoms with Gasteiger partial charge in [-0.05, 0) is 36.8 Å². The van der Waals surface area contributed by atoms with E-state index in [0.29, 0.717) is 29.8 Å². The van der Waals surface area contributed by atoms with Crippen LogP contribution in [0.3, 0.4) is 0 Å². The van der Waals surface area contributed by atoms with Crippen LogP contribution in [0.4, 0.5) is 9.52 Å². The molecule has 0 aliphatic heterocycles. The fourth-order valence-corrected chi connectivity index (χ4v) is 5.10. The molecule has 6 nitrogen and oxygen atoms in total. The lowest BCUT2D eigenvalue weighted by Gasteiger charge is -2.14. The topological polar surface area (TPSA) is 63.9 Å². The standard InChI is InChI=1S/C23H22FN5OS2/c1-3-28(16(2)30)22-25-20(14-31-22)15-32-23-27-26-21(18-9-11-19(24)12-10-18)29(23)13-17-7-5-4-6-8-17/h4-12,14H,3,13,15H2,1-2H3. The van der Waals surface area contributed by atoms with Crippen LogP contribution < -0.4 is 4.90 Å². The van der Waals surface area contributed by atoms with Gasteiger partial charge in [0, 0.05) is 30.2 Å². The van der Waals surface area contributed by atoms with Crippen molar-refractivity contribution in [1.82, 2.24) is 19.7 Å². The maximum atomic E-state index is 13.4. The Morgan fingerprint density at radius 3 is 2.56 bits per heavy atom. The molecule has 0 aliphatic carbocycles. The number of anilines is 1. The highest BCUT2D eigenvalue weighted by Gasteiger charge is 2.17. The third-order valence-corrected chi connectivity index (χ3v) is 6.73. The van der Waals surface area contributed by atoms with Crippen molar-refractivity contribution < 1.29 is 9.18 Å². The fourth-order valence-electron chi connectivity index (χ4n) is 3.23. The average Bonchev–Trinajstić information content (AvgIpc) is 3.41. The summed E-state index contributed by atoms with van der Waals surface area (Å²) in [6.45, 7) is 4.66. The van der Waals surface area contributed by atoms with Crippen molar-refractivity contribution in [3.8, 4) is 11.4 Å². The van der Waals surface area contributed by atoms with Crippen LogP contribution in [0, 0.1) is 5.82 Å². The van der Waals surface area contributed by atoms with E-state index in [4.69, 9.17) is 0 Å². The number of rotatable bonds is 8. The summed E-state index contributed by atoms with van der Waals surface area (Å²) in [4.78, 5) is 18.0. The van der Waals surface area contributed by atoms with Gasteiger partial charge < -0.3 is 0 Å². The maximum absolute atomic E-state index is 13.4. The van der Waals surface area contributed by atoms with E-state index in [0.717, 1.165) is 22.0 Å². The van der Waals surface area contributed by atoms with Gasteiger partial charge in [-0.1, -0.05) is 42.1 Å². The lowest BCUT2D eigenvalue weighted by Crippen LogP contribution is -2.27. The predicted octanol–water partition coefficient (Wildman–Crippen LogP) is 5.25. The lowest BCUT2D eigenvalue weighted by atomic mass is 10.2. The van der Waals surface area contributed by atoms with Gasteiger partial charge in [-0.2, -0.15) is 0 Å². The molecule has 9 heteroatoms. The summed E-state index contributed by atoms with van der Waals surface area (Å²) >= 11 is 2.99. The highest BCUT2D eigenvalue weighted by Crippen LogP contribution is 2.29. The first-order chi connectivity index (χ1) is 15.5. The van der Waals surface area contributed by atoms with Crippen molar-refractivity contribution in [3.63, 3.8) is 0 Å². The lowest BCUT2D eigenvalue weighted by molar-refractivity contribution is -0.116. The molecule has 164 valence electrons. The molecular formula is C23H22FN5OS2. The monoisotopic (exact) mass is 467 g/mol. The van der Waals surface area contributed by atoms with Gasteiger partial charge >= 0.3 is 0 Å². The molecule has 4 aromatic rings. The number of thiazole rings is 1. The molecule has 1 amide bonds. The van der Waals surface area contributed by atoms with Gasteiger partial charge in [0.1, 0.15) is 5.82 Å². The third kappa shape index (κ3) is 5.05. The van der Waals surface area contributed by atoms with Gasteiger partial charge in [0.15, 0.2) is 16.1 Å². The van der Waals surface area contributed by atoms with Gasteiger partial charge in [0.05, 0.1) is 12.2 Å². The predicted molar refractivity (Wildman–Crippen MR) is 126 cm³/mol. The van der Waals surface area contributed by atoms with Gasteiger partial charge in [0.25, 0.3) is 0 Å².